The summed E-state index contributed by atoms with van der Waals surface area (Å²) < 4.78 is 2.04. The molecule has 0 spiro atoms. The number of carbonyl (C=O) groups is 2. The lowest BCUT2D eigenvalue weighted by molar-refractivity contribution is -0.133. The van der Waals surface area contributed by atoms with Crippen molar-refractivity contribution >= 4 is 11.8 Å². The van der Waals surface area contributed by atoms with Crippen LogP contribution in [0.15, 0.2) is 48.8 Å². The molecular weight excluding hydrogens is 326 g/mol. The lowest BCUT2D eigenvalue weighted by atomic mass is 10.0. The zero-order valence-electron chi connectivity index (χ0n) is 14.9. The zero-order chi connectivity index (χ0) is 17.9. The van der Waals surface area contributed by atoms with E-state index >= 15 is 0 Å². The number of amides is 2. The van der Waals surface area contributed by atoms with Crippen LogP contribution in [0.2, 0.25) is 0 Å². The highest BCUT2D eigenvalue weighted by atomic mass is 16.2. The number of nitrogens with zero attached hydrogens (tertiary/aromatic N) is 2. The van der Waals surface area contributed by atoms with Gasteiger partial charge in [-0.3, -0.25) is 9.59 Å². The molecule has 0 radical (unpaired) electrons. The number of hydrogen-bond donors (Lipinski definition) is 1. The molecule has 2 aromatic rings. The average Bonchev–Trinajstić information content (AvgIpc) is 3.37. The van der Waals surface area contributed by atoms with E-state index in [4.69, 9.17) is 0 Å². The molecule has 2 fully saturated rings. The fraction of sp³-hybridized carbons (Fsp3) is 0.429. The van der Waals surface area contributed by atoms with Crippen molar-refractivity contribution in [1.82, 2.24) is 14.8 Å². The van der Waals surface area contributed by atoms with E-state index in [1.165, 1.54) is 0 Å². The summed E-state index contributed by atoms with van der Waals surface area (Å²) in [6.45, 7) is 1.54. The molecule has 1 aliphatic heterocycles. The highest BCUT2D eigenvalue weighted by Crippen LogP contribution is 2.31. The normalized spacial score (nSPS) is 17.9. The standard InChI is InChI=1S/C21H25N3O2/c25-20(15-16-3-7-19(8-4-16)23-11-1-2-12-23)22-18-9-13-24(14-10-18)21(26)17-5-6-17/h1-4,7-8,11-12,17-18H,5-6,9-10,13-15H2,(H,22,25). The number of benzene rings is 1. The second kappa shape index (κ2) is 7.36. The summed E-state index contributed by atoms with van der Waals surface area (Å²) in [7, 11) is 0. The first-order valence-corrected chi connectivity index (χ1v) is 9.49. The van der Waals surface area contributed by atoms with E-state index in [2.05, 4.69) is 5.32 Å². The van der Waals surface area contributed by atoms with Gasteiger partial charge in [0.2, 0.25) is 11.8 Å². The predicted molar refractivity (Wildman–Crippen MR) is 99.9 cm³/mol. The maximum atomic E-state index is 12.3. The third kappa shape index (κ3) is 3.98. The molecule has 1 aromatic heterocycles. The number of aromatic nitrogens is 1. The number of piperidine rings is 1. The molecule has 0 bridgehead atoms. The number of carbonyl (C=O) groups excluding carboxylic acids is 2. The van der Waals surface area contributed by atoms with Gasteiger partial charge in [-0.1, -0.05) is 12.1 Å². The number of rotatable bonds is 5. The Labute approximate surface area is 154 Å². The summed E-state index contributed by atoms with van der Waals surface area (Å²) in [6.07, 6.45) is 8.22. The lowest BCUT2D eigenvalue weighted by Crippen LogP contribution is -2.47. The Morgan fingerprint density at radius 3 is 2.23 bits per heavy atom. The van der Waals surface area contributed by atoms with Crippen molar-refractivity contribution in [3.8, 4) is 5.69 Å². The molecule has 0 unspecified atom stereocenters. The van der Waals surface area contributed by atoms with E-state index < -0.39 is 0 Å². The lowest BCUT2D eigenvalue weighted by Gasteiger charge is -2.32. The van der Waals surface area contributed by atoms with E-state index in [0.29, 0.717) is 12.3 Å². The van der Waals surface area contributed by atoms with Crippen molar-refractivity contribution in [2.24, 2.45) is 5.92 Å². The van der Waals surface area contributed by atoms with Gasteiger partial charge >= 0.3 is 0 Å². The maximum absolute atomic E-state index is 12.3. The van der Waals surface area contributed by atoms with Crippen molar-refractivity contribution in [2.45, 2.75) is 38.1 Å². The first-order chi connectivity index (χ1) is 12.7. The summed E-state index contributed by atoms with van der Waals surface area (Å²) in [6, 6.07) is 12.2. The van der Waals surface area contributed by atoms with Gasteiger partial charge in [0.05, 0.1) is 6.42 Å². The molecule has 0 atom stereocenters. The van der Waals surface area contributed by atoms with Crippen LogP contribution in [0.25, 0.3) is 5.69 Å². The van der Waals surface area contributed by atoms with Gasteiger partial charge in [-0.2, -0.15) is 0 Å². The van der Waals surface area contributed by atoms with Crippen LogP contribution < -0.4 is 5.32 Å². The zero-order valence-corrected chi connectivity index (χ0v) is 14.9. The van der Waals surface area contributed by atoms with Crippen LogP contribution in [0.1, 0.15) is 31.2 Å². The molecule has 26 heavy (non-hydrogen) atoms. The third-order valence-corrected chi connectivity index (χ3v) is 5.30. The predicted octanol–water partition coefficient (Wildman–Crippen LogP) is 2.54. The molecule has 1 N–H and O–H groups in total. The quantitative estimate of drug-likeness (QED) is 0.900. The van der Waals surface area contributed by atoms with Crippen molar-refractivity contribution in [2.75, 3.05) is 13.1 Å². The van der Waals surface area contributed by atoms with Crippen LogP contribution in [0.3, 0.4) is 0 Å². The molecule has 2 amide bonds. The van der Waals surface area contributed by atoms with Gasteiger partial charge in [0.15, 0.2) is 0 Å². The number of likely N-dealkylation sites (tertiary alicyclic amines) is 1. The molecular formula is C21H25N3O2. The fourth-order valence-corrected chi connectivity index (χ4v) is 3.59. The Balaban J connectivity index is 1.24. The van der Waals surface area contributed by atoms with E-state index in [9.17, 15) is 9.59 Å². The van der Waals surface area contributed by atoms with Crippen molar-refractivity contribution in [3.05, 3.63) is 54.4 Å². The summed E-state index contributed by atoms with van der Waals surface area (Å²) in [5.74, 6) is 0.666. The second-order valence-corrected chi connectivity index (χ2v) is 7.37. The highest BCUT2D eigenvalue weighted by Gasteiger charge is 2.35. The Kier molecular flexibility index (Phi) is 4.78. The van der Waals surface area contributed by atoms with Gasteiger partial charge in [0.1, 0.15) is 0 Å². The summed E-state index contributed by atoms with van der Waals surface area (Å²) >= 11 is 0. The molecule has 1 saturated heterocycles. The van der Waals surface area contributed by atoms with Crippen LogP contribution >= 0.6 is 0 Å². The van der Waals surface area contributed by atoms with Crippen LogP contribution in [0.5, 0.6) is 0 Å². The topological polar surface area (TPSA) is 54.3 Å². The SMILES string of the molecule is O=C(Cc1ccc(-n2cccc2)cc1)NC1CCN(C(=O)C2CC2)CC1. The van der Waals surface area contributed by atoms with E-state index in [1.54, 1.807) is 0 Å². The monoisotopic (exact) mass is 351 g/mol. The van der Waals surface area contributed by atoms with Crippen molar-refractivity contribution < 1.29 is 9.59 Å². The first kappa shape index (κ1) is 16.9. The second-order valence-electron chi connectivity index (χ2n) is 7.37. The van der Waals surface area contributed by atoms with Crippen LogP contribution in [-0.2, 0) is 16.0 Å². The molecule has 5 heteroatoms. The van der Waals surface area contributed by atoms with Gasteiger partial charge in [-0.05, 0) is 55.5 Å². The summed E-state index contributed by atoms with van der Waals surface area (Å²) in [5, 5.41) is 3.13. The molecule has 1 aliphatic carbocycles. The molecule has 4 rings (SSSR count). The Morgan fingerprint density at radius 2 is 1.62 bits per heavy atom. The smallest absolute Gasteiger partial charge is 0.225 e. The van der Waals surface area contributed by atoms with E-state index in [1.807, 2.05) is 58.3 Å². The van der Waals surface area contributed by atoms with Crippen LogP contribution in [0.4, 0.5) is 0 Å². The molecule has 2 aliphatic rings. The highest BCUT2D eigenvalue weighted by molar-refractivity contribution is 5.81. The Hall–Kier alpha value is -2.56. The molecule has 5 nitrogen and oxygen atoms in total. The molecule has 2 heterocycles. The van der Waals surface area contributed by atoms with Crippen LogP contribution in [-0.4, -0.2) is 40.4 Å². The Bertz CT molecular complexity index is 755. The molecule has 1 saturated carbocycles. The Morgan fingerprint density at radius 1 is 0.962 bits per heavy atom. The van der Waals surface area contributed by atoms with Crippen molar-refractivity contribution in [1.29, 1.82) is 0 Å². The minimum Gasteiger partial charge on any atom is -0.353 e. The minimum atomic E-state index is 0.0608. The first-order valence-electron chi connectivity index (χ1n) is 9.49. The average molecular weight is 351 g/mol. The van der Waals surface area contributed by atoms with E-state index in [-0.39, 0.29) is 17.9 Å². The van der Waals surface area contributed by atoms with Gasteiger partial charge in [0.25, 0.3) is 0 Å². The summed E-state index contributed by atoms with van der Waals surface area (Å²) in [4.78, 5) is 26.4. The minimum absolute atomic E-state index is 0.0608. The van der Waals surface area contributed by atoms with Crippen LogP contribution in [0, 0.1) is 5.92 Å². The van der Waals surface area contributed by atoms with Gasteiger partial charge < -0.3 is 14.8 Å². The third-order valence-electron chi connectivity index (χ3n) is 5.30. The largest absolute Gasteiger partial charge is 0.353 e. The maximum Gasteiger partial charge on any atom is 0.225 e. The van der Waals surface area contributed by atoms with Gasteiger partial charge in [-0.25, -0.2) is 0 Å². The molecule has 1 aromatic carbocycles. The van der Waals surface area contributed by atoms with Gasteiger partial charge in [-0.15, -0.1) is 0 Å². The number of nitrogens with one attached hydrogen (secondary N) is 1. The molecule has 136 valence electrons. The van der Waals surface area contributed by atoms with Crippen molar-refractivity contribution in [3.63, 3.8) is 0 Å². The fourth-order valence-electron chi connectivity index (χ4n) is 3.59. The summed E-state index contributed by atoms with van der Waals surface area (Å²) in [5.41, 5.74) is 2.10. The van der Waals surface area contributed by atoms with E-state index in [0.717, 1.165) is 50.0 Å². The van der Waals surface area contributed by atoms with Gasteiger partial charge in [0, 0.05) is 43.1 Å². The number of hydrogen-bond acceptors (Lipinski definition) is 2.